The molecule has 1 unspecified atom stereocenters. The molecule has 0 amide bonds. The van der Waals surface area contributed by atoms with Crippen molar-refractivity contribution < 1.29 is 19.7 Å². The summed E-state index contributed by atoms with van der Waals surface area (Å²) in [7, 11) is 0. The number of ether oxygens (including phenoxy) is 1. The van der Waals surface area contributed by atoms with Gasteiger partial charge in [-0.25, -0.2) is 4.79 Å². The number of rotatable bonds is 3. The number of phenolic OH excluding ortho intramolecular Hbond substituents is 1. The van der Waals surface area contributed by atoms with E-state index in [0.29, 0.717) is 5.75 Å². The second-order valence-corrected chi connectivity index (χ2v) is 2.59. The second-order valence-electron chi connectivity index (χ2n) is 2.59. The van der Waals surface area contributed by atoms with Crippen LogP contribution in [0.15, 0.2) is 24.3 Å². The van der Waals surface area contributed by atoms with Crippen molar-refractivity contribution >= 4 is 18.4 Å². The van der Waals surface area contributed by atoms with Crippen LogP contribution in [0.3, 0.4) is 0 Å². The topological polar surface area (TPSA) is 66.8 Å². The smallest absolute Gasteiger partial charge is 0.344 e. The van der Waals surface area contributed by atoms with Crippen LogP contribution in [0.1, 0.15) is 6.92 Å². The number of carbonyl (C=O) groups is 1. The minimum atomic E-state index is -1.02. The molecule has 1 rings (SSSR count). The highest BCUT2D eigenvalue weighted by molar-refractivity contribution is 5.85. The molecule has 78 valence electrons. The average molecular weight is 219 g/mol. The summed E-state index contributed by atoms with van der Waals surface area (Å²) in [5.41, 5.74) is 0. The third kappa shape index (κ3) is 3.53. The van der Waals surface area contributed by atoms with Crippen molar-refractivity contribution in [3.8, 4) is 11.5 Å². The third-order valence-corrected chi connectivity index (χ3v) is 1.50. The highest BCUT2D eigenvalue weighted by Crippen LogP contribution is 2.16. The molecule has 0 saturated heterocycles. The van der Waals surface area contributed by atoms with Crippen molar-refractivity contribution in [2.45, 2.75) is 13.0 Å². The van der Waals surface area contributed by atoms with Crippen molar-refractivity contribution in [3.05, 3.63) is 24.3 Å². The number of benzene rings is 1. The maximum Gasteiger partial charge on any atom is 0.344 e. The first-order chi connectivity index (χ1) is 6.09. The van der Waals surface area contributed by atoms with Crippen molar-refractivity contribution in [2.24, 2.45) is 0 Å². The first-order valence-corrected chi connectivity index (χ1v) is 3.78. The minimum absolute atomic E-state index is 0. The zero-order valence-electron chi connectivity index (χ0n) is 7.51. The molecule has 0 fully saturated rings. The molecule has 5 heteroatoms. The Morgan fingerprint density at radius 3 is 2.29 bits per heavy atom. The van der Waals surface area contributed by atoms with E-state index in [2.05, 4.69) is 0 Å². The molecule has 0 radical (unpaired) electrons. The van der Waals surface area contributed by atoms with E-state index < -0.39 is 12.1 Å². The lowest BCUT2D eigenvalue weighted by Gasteiger charge is -2.09. The van der Waals surface area contributed by atoms with Crippen LogP contribution in [0.4, 0.5) is 0 Å². The molecule has 1 aromatic rings. The minimum Gasteiger partial charge on any atom is -0.508 e. The van der Waals surface area contributed by atoms with Gasteiger partial charge in [0.2, 0.25) is 0 Å². The van der Waals surface area contributed by atoms with Gasteiger partial charge in [0.05, 0.1) is 0 Å². The van der Waals surface area contributed by atoms with E-state index in [-0.39, 0.29) is 18.2 Å². The van der Waals surface area contributed by atoms with E-state index in [9.17, 15) is 4.79 Å². The molecular weight excluding hydrogens is 208 g/mol. The van der Waals surface area contributed by atoms with Crippen LogP contribution in [0, 0.1) is 0 Å². The van der Waals surface area contributed by atoms with E-state index >= 15 is 0 Å². The van der Waals surface area contributed by atoms with Gasteiger partial charge in [0.1, 0.15) is 11.5 Å². The van der Waals surface area contributed by atoms with Gasteiger partial charge in [0.15, 0.2) is 6.10 Å². The highest BCUT2D eigenvalue weighted by atomic mass is 35.5. The number of aromatic hydroxyl groups is 1. The normalized spacial score (nSPS) is 11.2. The monoisotopic (exact) mass is 218 g/mol. The fourth-order valence-corrected chi connectivity index (χ4v) is 0.779. The Balaban J connectivity index is 0.00000169. The Morgan fingerprint density at radius 2 is 1.86 bits per heavy atom. The van der Waals surface area contributed by atoms with Crippen LogP contribution in [-0.2, 0) is 4.79 Å². The zero-order chi connectivity index (χ0) is 9.84. The second kappa shape index (κ2) is 5.34. The van der Waals surface area contributed by atoms with Crippen LogP contribution in [-0.4, -0.2) is 22.3 Å². The molecule has 1 atom stereocenters. The predicted octanol–water partition coefficient (Wildman–Crippen LogP) is 1.67. The molecule has 0 spiro atoms. The Bertz CT molecular complexity index is 296. The number of hydrogen-bond donors (Lipinski definition) is 2. The summed E-state index contributed by atoms with van der Waals surface area (Å²) in [6.45, 7) is 1.44. The molecule has 0 saturated carbocycles. The van der Waals surface area contributed by atoms with Gasteiger partial charge in [-0.05, 0) is 31.2 Å². The van der Waals surface area contributed by atoms with E-state index in [0.717, 1.165) is 0 Å². The van der Waals surface area contributed by atoms with Gasteiger partial charge in [0, 0.05) is 0 Å². The summed E-state index contributed by atoms with van der Waals surface area (Å²) in [5, 5.41) is 17.5. The molecule has 0 aliphatic rings. The van der Waals surface area contributed by atoms with Crippen molar-refractivity contribution in [1.82, 2.24) is 0 Å². The lowest BCUT2D eigenvalue weighted by atomic mass is 10.3. The number of aliphatic carboxylic acids is 1. The summed E-state index contributed by atoms with van der Waals surface area (Å²) < 4.78 is 5.02. The zero-order valence-corrected chi connectivity index (χ0v) is 8.32. The maximum absolute atomic E-state index is 10.4. The summed E-state index contributed by atoms with van der Waals surface area (Å²) in [6.07, 6.45) is -0.885. The van der Waals surface area contributed by atoms with Crippen molar-refractivity contribution in [2.75, 3.05) is 0 Å². The fourth-order valence-electron chi connectivity index (χ4n) is 0.779. The van der Waals surface area contributed by atoms with Crippen LogP contribution in [0.25, 0.3) is 0 Å². The summed E-state index contributed by atoms with van der Waals surface area (Å²) in [6, 6.07) is 5.89. The largest absolute Gasteiger partial charge is 0.508 e. The third-order valence-electron chi connectivity index (χ3n) is 1.50. The maximum atomic E-state index is 10.4. The Morgan fingerprint density at radius 1 is 1.36 bits per heavy atom. The molecule has 1 aromatic carbocycles. The molecule has 0 aliphatic heterocycles. The van der Waals surface area contributed by atoms with Gasteiger partial charge in [0.25, 0.3) is 0 Å². The SMILES string of the molecule is CC(Oc1ccc(O)cc1)C(=O)O.Cl. The first kappa shape index (κ1) is 12.6. The average Bonchev–Trinajstić information content (AvgIpc) is 2.08. The van der Waals surface area contributed by atoms with Gasteiger partial charge in [-0.3, -0.25) is 0 Å². The molecule has 0 aliphatic carbocycles. The Labute approximate surface area is 87.5 Å². The predicted molar refractivity (Wildman–Crippen MR) is 53.1 cm³/mol. The molecule has 2 N–H and O–H groups in total. The molecule has 4 nitrogen and oxygen atoms in total. The fraction of sp³-hybridized carbons (Fsp3) is 0.222. The van der Waals surface area contributed by atoms with Gasteiger partial charge in [-0.2, -0.15) is 0 Å². The van der Waals surface area contributed by atoms with Crippen molar-refractivity contribution in [1.29, 1.82) is 0 Å². The van der Waals surface area contributed by atoms with E-state index in [1.54, 1.807) is 0 Å². The number of halogens is 1. The van der Waals surface area contributed by atoms with E-state index in [1.807, 2.05) is 0 Å². The Hall–Kier alpha value is -1.42. The first-order valence-electron chi connectivity index (χ1n) is 3.78. The lowest BCUT2D eigenvalue weighted by Crippen LogP contribution is -2.22. The standard InChI is InChI=1S/C9H10O4.ClH/c1-6(9(11)12)13-8-4-2-7(10)3-5-8;/h2-6,10H,1H3,(H,11,12);1H. The quantitative estimate of drug-likeness (QED) is 0.810. The number of hydrogen-bond acceptors (Lipinski definition) is 3. The molecular formula is C9H11ClO4. The van der Waals surface area contributed by atoms with Crippen LogP contribution >= 0.6 is 12.4 Å². The van der Waals surface area contributed by atoms with Crippen LogP contribution in [0.2, 0.25) is 0 Å². The van der Waals surface area contributed by atoms with Crippen molar-refractivity contribution in [3.63, 3.8) is 0 Å². The van der Waals surface area contributed by atoms with Crippen LogP contribution in [0.5, 0.6) is 11.5 Å². The Kier molecular flexibility index (Phi) is 4.80. The highest BCUT2D eigenvalue weighted by Gasteiger charge is 2.11. The number of phenols is 1. The summed E-state index contributed by atoms with van der Waals surface area (Å²) in [5.74, 6) is -0.476. The lowest BCUT2D eigenvalue weighted by molar-refractivity contribution is -0.144. The summed E-state index contributed by atoms with van der Waals surface area (Å²) >= 11 is 0. The van der Waals surface area contributed by atoms with E-state index in [4.69, 9.17) is 14.9 Å². The van der Waals surface area contributed by atoms with Gasteiger partial charge in [-0.15, -0.1) is 12.4 Å². The number of carboxylic acids is 1. The van der Waals surface area contributed by atoms with Gasteiger partial charge in [-0.1, -0.05) is 0 Å². The van der Waals surface area contributed by atoms with Crippen LogP contribution < -0.4 is 4.74 Å². The molecule has 14 heavy (non-hydrogen) atoms. The number of carboxylic acid groups (broad SMARTS) is 1. The summed E-state index contributed by atoms with van der Waals surface area (Å²) in [4.78, 5) is 10.4. The van der Waals surface area contributed by atoms with E-state index in [1.165, 1.54) is 31.2 Å². The van der Waals surface area contributed by atoms with Gasteiger partial charge >= 0.3 is 5.97 Å². The van der Waals surface area contributed by atoms with Gasteiger partial charge < -0.3 is 14.9 Å². The molecule has 0 heterocycles. The molecule has 0 aromatic heterocycles. The molecule has 0 bridgehead atoms.